The number of aromatic nitrogens is 2. The smallest absolute Gasteiger partial charge is 0.261 e. The maximum Gasteiger partial charge on any atom is 0.261 e. The Bertz CT molecular complexity index is 1100. The van der Waals surface area contributed by atoms with Crippen molar-refractivity contribution in [3.8, 4) is 0 Å². The molecule has 3 aromatic rings. The number of nitrogens with zero attached hydrogens (tertiary/aromatic N) is 2. The van der Waals surface area contributed by atoms with Gasteiger partial charge in [0.15, 0.2) is 5.65 Å². The lowest BCUT2D eigenvalue weighted by molar-refractivity contribution is 0.971. The maximum atomic E-state index is 12.8. The Morgan fingerprint density at radius 1 is 1.04 bits per heavy atom. The van der Waals surface area contributed by atoms with Crippen molar-refractivity contribution in [2.24, 2.45) is 0 Å². The number of pyridine rings is 1. The van der Waals surface area contributed by atoms with Gasteiger partial charge in [0.1, 0.15) is 0 Å². The molecule has 7 heteroatoms. The zero-order valence-electron chi connectivity index (χ0n) is 12.7. The molecule has 25 heavy (non-hydrogen) atoms. The molecule has 0 amide bonds. The third-order valence-corrected chi connectivity index (χ3v) is 5.35. The third kappa shape index (κ3) is 2.85. The highest BCUT2D eigenvalue weighted by molar-refractivity contribution is 6.37. The summed E-state index contributed by atoms with van der Waals surface area (Å²) in [5.41, 5.74) is 3.15. The summed E-state index contributed by atoms with van der Waals surface area (Å²) in [5.74, 6) is 0. The van der Waals surface area contributed by atoms with Crippen molar-refractivity contribution in [3.05, 3.63) is 77.7 Å². The molecule has 0 saturated carbocycles. The van der Waals surface area contributed by atoms with Gasteiger partial charge in [-0.25, -0.2) is 4.98 Å². The van der Waals surface area contributed by atoms with Crippen molar-refractivity contribution in [1.82, 2.24) is 9.38 Å². The van der Waals surface area contributed by atoms with Crippen molar-refractivity contribution < 1.29 is 0 Å². The van der Waals surface area contributed by atoms with Crippen molar-refractivity contribution in [2.45, 2.75) is 12.8 Å². The van der Waals surface area contributed by atoms with Gasteiger partial charge >= 0.3 is 0 Å². The fourth-order valence-electron chi connectivity index (χ4n) is 3.04. The molecule has 0 atom stereocenters. The molecule has 0 unspecified atom stereocenters. The number of hydrogen-bond donors (Lipinski definition) is 0. The van der Waals surface area contributed by atoms with E-state index in [1.165, 1.54) is 10.6 Å². The number of halogens is 4. The number of fused-ring (bicyclic) bond motifs is 2. The van der Waals surface area contributed by atoms with Crippen LogP contribution in [0.4, 0.5) is 0 Å². The normalized spacial score (nSPS) is 15.1. The van der Waals surface area contributed by atoms with Gasteiger partial charge in [-0.2, -0.15) is 0 Å². The molecule has 0 saturated heterocycles. The van der Waals surface area contributed by atoms with Crippen molar-refractivity contribution in [2.75, 3.05) is 0 Å². The Morgan fingerprint density at radius 2 is 1.76 bits per heavy atom. The van der Waals surface area contributed by atoms with E-state index in [2.05, 4.69) is 4.98 Å². The molecule has 0 aliphatic heterocycles. The lowest BCUT2D eigenvalue weighted by atomic mass is 10.1. The Hall–Kier alpha value is -1.52. The first-order valence-electron chi connectivity index (χ1n) is 7.51. The largest absolute Gasteiger partial charge is 0.269 e. The van der Waals surface area contributed by atoms with Crippen molar-refractivity contribution >= 4 is 63.7 Å². The zero-order valence-corrected chi connectivity index (χ0v) is 15.7. The fourth-order valence-corrected chi connectivity index (χ4v) is 4.06. The first-order chi connectivity index (χ1) is 12.0. The molecule has 0 N–H and O–H groups in total. The summed E-state index contributed by atoms with van der Waals surface area (Å²) >= 11 is 24.7. The number of rotatable bonds is 1. The van der Waals surface area contributed by atoms with Gasteiger partial charge in [-0.1, -0.05) is 52.5 Å². The van der Waals surface area contributed by atoms with Gasteiger partial charge in [0.25, 0.3) is 5.56 Å². The van der Waals surface area contributed by atoms with Gasteiger partial charge in [-0.05, 0) is 42.7 Å². The Balaban J connectivity index is 1.97. The second-order valence-electron chi connectivity index (χ2n) is 5.75. The molecule has 4 rings (SSSR count). The van der Waals surface area contributed by atoms with E-state index in [0.717, 1.165) is 11.1 Å². The van der Waals surface area contributed by atoms with Gasteiger partial charge in [0.05, 0.1) is 15.7 Å². The highest BCUT2D eigenvalue weighted by Crippen LogP contribution is 2.35. The van der Waals surface area contributed by atoms with Gasteiger partial charge in [0, 0.05) is 27.4 Å². The van der Waals surface area contributed by atoms with Crippen LogP contribution in [0.3, 0.4) is 0 Å². The second-order valence-corrected chi connectivity index (χ2v) is 7.41. The summed E-state index contributed by atoms with van der Waals surface area (Å²) in [6.45, 7) is 0. The van der Waals surface area contributed by atoms with Crippen molar-refractivity contribution in [3.63, 3.8) is 0 Å². The molecular formula is C18H10Cl4N2O. The van der Waals surface area contributed by atoms with E-state index in [1.807, 2.05) is 6.08 Å². The molecule has 3 nitrogen and oxygen atoms in total. The van der Waals surface area contributed by atoms with Crippen molar-refractivity contribution in [1.29, 1.82) is 0 Å². The standard InChI is InChI=1S/C18H10Cl4N2O/c19-10-7-15(22)17-23-16-9(4-5-11(16)18(25)24(17)8-10)6-12-13(20)2-1-3-14(12)21/h1-3,6-8H,4-5H2. The van der Waals surface area contributed by atoms with Crippen LogP contribution < -0.4 is 5.56 Å². The molecule has 1 aromatic carbocycles. The van der Waals surface area contributed by atoms with Crippen LogP contribution in [-0.2, 0) is 6.42 Å². The predicted molar refractivity (Wildman–Crippen MR) is 104 cm³/mol. The topological polar surface area (TPSA) is 34.4 Å². The molecule has 0 bridgehead atoms. The first kappa shape index (κ1) is 16.9. The van der Waals surface area contributed by atoms with Gasteiger partial charge < -0.3 is 0 Å². The fraction of sp³-hybridized carbons (Fsp3) is 0.111. The minimum atomic E-state index is -0.155. The molecule has 126 valence electrons. The van der Waals surface area contributed by atoms with Gasteiger partial charge in [-0.3, -0.25) is 9.20 Å². The molecule has 0 fully saturated rings. The van der Waals surface area contributed by atoms with E-state index < -0.39 is 0 Å². The second kappa shape index (κ2) is 6.33. The zero-order chi connectivity index (χ0) is 17.7. The van der Waals surface area contributed by atoms with Gasteiger partial charge in [-0.15, -0.1) is 0 Å². The third-order valence-electron chi connectivity index (χ3n) is 4.21. The number of benzene rings is 1. The quantitative estimate of drug-likeness (QED) is 0.507. The molecule has 0 spiro atoms. The van der Waals surface area contributed by atoms with Crippen LogP contribution >= 0.6 is 46.4 Å². The summed E-state index contributed by atoms with van der Waals surface area (Å²) < 4.78 is 1.40. The van der Waals surface area contributed by atoms with Crippen LogP contribution in [0.1, 0.15) is 23.2 Å². The molecule has 1 aliphatic rings. The molecule has 0 radical (unpaired) electrons. The van der Waals surface area contributed by atoms with E-state index in [4.69, 9.17) is 46.4 Å². The average molecular weight is 412 g/mol. The Morgan fingerprint density at radius 3 is 2.48 bits per heavy atom. The molecule has 1 aliphatic carbocycles. The van der Waals surface area contributed by atoms with Crippen LogP contribution in [-0.4, -0.2) is 9.38 Å². The predicted octanol–water partition coefficient (Wildman–Crippen LogP) is 5.79. The van der Waals surface area contributed by atoms with E-state index in [1.54, 1.807) is 24.3 Å². The van der Waals surface area contributed by atoms with E-state index in [9.17, 15) is 4.79 Å². The minimum absolute atomic E-state index is 0.155. The van der Waals surface area contributed by atoms with E-state index >= 15 is 0 Å². The van der Waals surface area contributed by atoms with Crippen LogP contribution in [0.5, 0.6) is 0 Å². The van der Waals surface area contributed by atoms with Crippen LogP contribution in [0.15, 0.2) is 35.3 Å². The SMILES string of the molecule is O=c1c2c(nc3c(Cl)cc(Cl)cn13)C(=Cc1c(Cl)cccc1Cl)CC2. The highest BCUT2D eigenvalue weighted by Gasteiger charge is 2.24. The Kier molecular flexibility index (Phi) is 4.28. The van der Waals surface area contributed by atoms with Gasteiger partial charge in [0.2, 0.25) is 0 Å². The lowest BCUT2D eigenvalue weighted by Gasteiger charge is -2.08. The minimum Gasteiger partial charge on any atom is -0.269 e. The van der Waals surface area contributed by atoms with Crippen LogP contribution in [0.25, 0.3) is 17.3 Å². The van der Waals surface area contributed by atoms with Crippen LogP contribution in [0, 0.1) is 0 Å². The number of allylic oxidation sites excluding steroid dienone is 1. The molecule has 2 aromatic heterocycles. The monoisotopic (exact) mass is 410 g/mol. The average Bonchev–Trinajstić information content (AvgIpc) is 2.96. The first-order valence-corrected chi connectivity index (χ1v) is 9.02. The van der Waals surface area contributed by atoms with E-state index in [-0.39, 0.29) is 5.56 Å². The summed E-state index contributed by atoms with van der Waals surface area (Å²) in [6, 6.07) is 6.91. The highest BCUT2D eigenvalue weighted by atomic mass is 35.5. The summed E-state index contributed by atoms with van der Waals surface area (Å²) in [6.07, 6.45) is 4.71. The van der Waals surface area contributed by atoms with Crippen LogP contribution in [0.2, 0.25) is 20.1 Å². The summed E-state index contributed by atoms with van der Waals surface area (Å²) in [4.78, 5) is 17.4. The summed E-state index contributed by atoms with van der Waals surface area (Å²) in [5, 5.41) is 1.82. The number of hydrogen-bond acceptors (Lipinski definition) is 2. The Labute approximate surface area is 163 Å². The maximum absolute atomic E-state index is 12.8. The molecule has 2 heterocycles. The lowest BCUT2D eigenvalue weighted by Crippen LogP contribution is -2.20. The summed E-state index contributed by atoms with van der Waals surface area (Å²) in [7, 11) is 0. The van der Waals surface area contributed by atoms with E-state index in [0.29, 0.717) is 49.8 Å². The molecular weight excluding hydrogens is 402 g/mol.